The van der Waals surface area contributed by atoms with Crippen molar-refractivity contribution in [1.29, 1.82) is 0 Å². The molecule has 3 amide bonds. The van der Waals surface area contributed by atoms with Gasteiger partial charge in [-0.3, -0.25) is 4.79 Å². The second kappa shape index (κ2) is 11.2. The summed E-state index contributed by atoms with van der Waals surface area (Å²) in [4.78, 5) is 26.3. The summed E-state index contributed by atoms with van der Waals surface area (Å²) in [5.41, 5.74) is -0.0717. The molecule has 1 saturated heterocycles. The van der Waals surface area contributed by atoms with Gasteiger partial charge < -0.3 is 25.2 Å². The van der Waals surface area contributed by atoms with Crippen LogP contribution >= 0.6 is 19.4 Å². The number of aliphatic hydroxyl groups excluding tert-OH is 1. The van der Waals surface area contributed by atoms with Crippen molar-refractivity contribution in [3.05, 3.63) is 76.6 Å². The number of nitrogens with one attached hydrogen (secondary N) is 2. The molecule has 1 heterocycles. The van der Waals surface area contributed by atoms with Gasteiger partial charge in [0.05, 0.1) is 17.5 Å². The number of aliphatic hydroxyl groups is 1. The highest BCUT2D eigenvalue weighted by Gasteiger charge is 2.36. The van der Waals surface area contributed by atoms with E-state index < -0.39 is 49.3 Å². The summed E-state index contributed by atoms with van der Waals surface area (Å²) in [6.07, 6.45) is -0.859. The summed E-state index contributed by atoms with van der Waals surface area (Å²) >= 11 is 5.70. The van der Waals surface area contributed by atoms with Crippen molar-refractivity contribution in [3.8, 4) is 11.1 Å². The Morgan fingerprint density at radius 1 is 1.13 bits per heavy atom. The number of benzene rings is 3. The first-order valence-electron chi connectivity index (χ1n) is 11.6. The van der Waals surface area contributed by atoms with Gasteiger partial charge in [-0.2, -0.15) is 0 Å². The lowest BCUT2D eigenvalue weighted by Gasteiger charge is -2.20. The lowest BCUT2D eigenvalue weighted by atomic mass is 9.99. The molecule has 0 bridgehead atoms. The smallest absolute Gasteiger partial charge is 0.319 e. The van der Waals surface area contributed by atoms with Crippen LogP contribution in [0.3, 0.4) is 0 Å². The largest absolute Gasteiger partial charge is 0.389 e. The second-order valence-corrected chi connectivity index (χ2v) is 10.9. The highest BCUT2D eigenvalue weighted by Crippen LogP contribution is 2.35. The molecule has 12 heteroatoms. The molecule has 3 aromatic rings. The first-order chi connectivity index (χ1) is 18.0. The lowest BCUT2D eigenvalue weighted by molar-refractivity contribution is -0.118. The highest BCUT2D eigenvalue weighted by molar-refractivity contribution is 7.53. The summed E-state index contributed by atoms with van der Waals surface area (Å²) in [6.45, 7) is 2.94. The molecule has 3 aromatic carbocycles. The third kappa shape index (κ3) is 5.43. The average molecular weight is 566 g/mol. The maximum atomic E-state index is 15.3. The molecule has 0 aromatic heterocycles. The zero-order valence-corrected chi connectivity index (χ0v) is 22.1. The van der Waals surface area contributed by atoms with Crippen LogP contribution in [0.25, 0.3) is 11.1 Å². The van der Waals surface area contributed by atoms with Crippen LogP contribution in [0, 0.1) is 17.5 Å². The van der Waals surface area contributed by atoms with E-state index in [0.29, 0.717) is 5.56 Å². The number of urea groups is 1. The van der Waals surface area contributed by atoms with Gasteiger partial charge in [0, 0.05) is 22.4 Å². The summed E-state index contributed by atoms with van der Waals surface area (Å²) < 4.78 is 57.0. The molecule has 3 N–H and O–H groups in total. The van der Waals surface area contributed by atoms with Crippen LogP contribution in [0.2, 0.25) is 5.02 Å². The Hall–Kier alpha value is -3.33. The fourth-order valence-corrected chi connectivity index (χ4v) is 5.91. The molecule has 1 aliphatic heterocycles. The molecule has 38 heavy (non-hydrogen) atoms. The Balaban J connectivity index is 1.56. The van der Waals surface area contributed by atoms with Crippen LogP contribution in [0.15, 0.2) is 48.5 Å². The molecular formula is C26H24ClF3N3O4P. The molecule has 200 valence electrons. The van der Waals surface area contributed by atoms with Gasteiger partial charge in [-0.05, 0) is 61.5 Å². The van der Waals surface area contributed by atoms with E-state index in [2.05, 4.69) is 10.6 Å². The average Bonchev–Trinajstić information content (AvgIpc) is 3.21. The van der Waals surface area contributed by atoms with Gasteiger partial charge in [0.15, 0.2) is 11.6 Å². The standard InChI is InChI=1S/C26H24ClF3N3O4P/c1-13(34)15-4-3-5-17(24(15)38(2)37)16-7-9-21(23(30)22(16)29)33-11-10-20(25(33)35)32-26(36)31-19-8-6-14(27)12-18(19)28/h3-9,12-13,20,34,38H,10-11H2,1-2H3,(H2,31,32,36)/t13?,20-/m1/s1. The number of hydrogen-bond acceptors (Lipinski definition) is 4. The van der Waals surface area contributed by atoms with Crippen molar-refractivity contribution in [2.45, 2.75) is 25.5 Å². The molecule has 0 aliphatic carbocycles. The Bertz CT molecular complexity index is 1450. The highest BCUT2D eigenvalue weighted by atomic mass is 35.5. The number of rotatable bonds is 6. The Kier molecular flexibility index (Phi) is 8.16. The lowest BCUT2D eigenvalue weighted by Crippen LogP contribution is -2.43. The Labute approximate surface area is 222 Å². The van der Waals surface area contributed by atoms with E-state index in [1.54, 1.807) is 12.1 Å². The van der Waals surface area contributed by atoms with Crippen LogP contribution in [0.5, 0.6) is 0 Å². The quantitative estimate of drug-likeness (QED) is 0.357. The number of halogens is 4. The first kappa shape index (κ1) is 27.7. The molecule has 7 nitrogen and oxygen atoms in total. The van der Waals surface area contributed by atoms with Crippen LogP contribution in [-0.2, 0) is 9.36 Å². The Morgan fingerprint density at radius 3 is 2.53 bits per heavy atom. The third-order valence-corrected chi connectivity index (χ3v) is 7.73. The normalized spacial score (nSPS) is 16.9. The van der Waals surface area contributed by atoms with Gasteiger partial charge in [-0.1, -0.05) is 29.8 Å². The number of anilines is 2. The monoisotopic (exact) mass is 565 g/mol. The van der Waals surface area contributed by atoms with Gasteiger partial charge in [0.2, 0.25) is 5.91 Å². The van der Waals surface area contributed by atoms with Crippen LogP contribution in [0.4, 0.5) is 29.3 Å². The minimum Gasteiger partial charge on any atom is -0.389 e. The fraction of sp³-hybridized carbons (Fsp3) is 0.231. The fourth-order valence-electron chi connectivity index (χ4n) is 4.45. The zero-order valence-electron chi connectivity index (χ0n) is 20.3. The molecule has 3 atom stereocenters. The van der Waals surface area contributed by atoms with Gasteiger partial charge >= 0.3 is 6.03 Å². The minimum absolute atomic E-state index is 0.000217. The molecule has 0 radical (unpaired) electrons. The number of hydrogen-bond donors (Lipinski definition) is 3. The van der Waals surface area contributed by atoms with Gasteiger partial charge in [0.1, 0.15) is 19.7 Å². The summed E-state index contributed by atoms with van der Waals surface area (Å²) in [7, 11) is -2.41. The molecule has 1 fully saturated rings. The van der Waals surface area contributed by atoms with Gasteiger partial charge in [0.25, 0.3) is 0 Å². The number of amides is 3. The van der Waals surface area contributed by atoms with Gasteiger partial charge in [-0.15, -0.1) is 0 Å². The first-order valence-corrected chi connectivity index (χ1v) is 13.9. The summed E-state index contributed by atoms with van der Waals surface area (Å²) in [6, 6.07) is 8.91. The van der Waals surface area contributed by atoms with Crippen LogP contribution in [-0.4, -0.2) is 36.3 Å². The molecule has 2 unspecified atom stereocenters. The van der Waals surface area contributed by atoms with Crippen molar-refractivity contribution in [3.63, 3.8) is 0 Å². The number of carbonyl (C=O) groups excluding carboxylic acids is 2. The maximum absolute atomic E-state index is 15.3. The zero-order chi connectivity index (χ0) is 27.7. The Morgan fingerprint density at radius 2 is 1.87 bits per heavy atom. The van der Waals surface area contributed by atoms with Crippen molar-refractivity contribution in [2.75, 3.05) is 23.4 Å². The molecule has 1 aliphatic rings. The van der Waals surface area contributed by atoms with E-state index >= 15 is 8.78 Å². The van der Waals surface area contributed by atoms with Crippen molar-refractivity contribution in [1.82, 2.24) is 5.32 Å². The van der Waals surface area contributed by atoms with E-state index in [9.17, 15) is 23.7 Å². The molecular weight excluding hydrogens is 542 g/mol. The van der Waals surface area contributed by atoms with Crippen molar-refractivity contribution in [2.24, 2.45) is 0 Å². The van der Waals surface area contributed by atoms with Crippen LogP contribution in [0.1, 0.15) is 25.0 Å². The number of nitrogens with zero attached hydrogens (tertiary/aromatic N) is 1. The van der Waals surface area contributed by atoms with Gasteiger partial charge in [-0.25, -0.2) is 18.0 Å². The van der Waals surface area contributed by atoms with Crippen LogP contribution < -0.4 is 20.8 Å². The topological polar surface area (TPSA) is 98.7 Å². The summed E-state index contributed by atoms with van der Waals surface area (Å²) in [5, 5.41) is 15.2. The minimum atomic E-state index is -2.41. The SMILES string of the molecule is CC(O)c1cccc(-c2ccc(N3CC[C@@H](NC(=O)Nc4ccc(Cl)cc4F)C3=O)c(F)c2F)c1[PH](C)=O. The van der Waals surface area contributed by atoms with Crippen molar-refractivity contribution >= 4 is 48.0 Å². The summed E-state index contributed by atoms with van der Waals surface area (Å²) in [5.74, 6) is -3.96. The van der Waals surface area contributed by atoms with E-state index in [4.69, 9.17) is 11.6 Å². The van der Waals surface area contributed by atoms with E-state index in [1.807, 2.05) is 0 Å². The molecule has 4 rings (SSSR count). The van der Waals surface area contributed by atoms with Crippen molar-refractivity contribution < 1.29 is 32.4 Å². The predicted molar refractivity (Wildman–Crippen MR) is 141 cm³/mol. The predicted octanol–water partition coefficient (Wildman–Crippen LogP) is 5.22. The number of carbonyl (C=O) groups is 2. The van der Waals surface area contributed by atoms with E-state index in [1.165, 1.54) is 43.9 Å². The van der Waals surface area contributed by atoms with E-state index in [0.717, 1.165) is 11.0 Å². The molecule has 0 spiro atoms. The van der Waals surface area contributed by atoms with E-state index in [-0.39, 0.29) is 45.8 Å². The second-order valence-electron chi connectivity index (χ2n) is 8.82. The maximum Gasteiger partial charge on any atom is 0.319 e. The third-order valence-electron chi connectivity index (χ3n) is 6.23. The molecule has 0 saturated carbocycles.